The number of amides is 1. The molecule has 0 aliphatic rings. The Morgan fingerprint density at radius 3 is 2.74 bits per heavy atom. The van der Waals surface area contributed by atoms with Crippen molar-refractivity contribution in [3.05, 3.63) is 47.9 Å². The van der Waals surface area contributed by atoms with Crippen LogP contribution in [0.1, 0.15) is 12.1 Å². The second kappa shape index (κ2) is 9.09. The van der Waals surface area contributed by atoms with Gasteiger partial charge < -0.3 is 10.6 Å². The van der Waals surface area contributed by atoms with Crippen molar-refractivity contribution in [3.63, 3.8) is 0 Å². The molecule has 122 valence electrons. The number of anilines is 1. The van der Waals surface area contributed by atoms with Gasteiger partial charge in [0.15, 0.2) is 0 Å². The highest BCUT2D eigenvalue weighted by atomic mass is 32.2. The lowest BCUT2D eigenvalue weighted by atomic mass is 10.3. The van der Waals surface area contributed by atoms with Gasteiger partial charge in [-0.3, -0.25) is 4.79 Å². The number of hydrogen-bond donors (Lipinski definition) is 2. The summed E-state index contributed by atoms with van der Waals surface area (Å²) in [6.07, 6.45) is 0.351. The highest BCUT2D eigenvalue weighted by Crippen LogP contribution is 2.21. The van der Waals surface area contributed by atoms with Crippen LogP contribution >= 0.6 is 11.8 Å². The largest absolute Gasteiger partial charge is 0.367 e. The van der Waals surface area contributed by atoms with Crippen LogP contribution in [0.25, 0.3) is 0 Å². The summed E-state index contributed by atoms with van der Waals surface area (Å²) < 4.78 is 13.4. The van der Waals surface area contributed by atoms with E-state index in [-0.39, 0.29) is 11.7 Å². The smallest absolute Gasteiger partial charge is 0.220 e. The van der Waals surface area contributed by atoms with Crippen molar-refractivity contribution in [1.29, 1.82) is 0 Å². The van der Waals surface area contributed by atoms with Crippen molar-refractivity contribution >= 4 is 23.5 Å². The summed E-state index contributed by atoms with van der Waals surface area (Å²) in [4.78, 5) is 12.3. The molecule has 2 aromatic rings. The molecule has 1 amide bonds. The molecule has 5 nitrogen and oxygen atoms in total. The summed E-state index contributed by atoms with van der Waals surface area (Å²) in [6, 6.07) is 10.3. The van der Waals surface area contributed by atoms with Gasteiger partial charge in [0.25, 0.3) is 0 Å². The summed E-state index contributed by atoms with van der Waals surface area (Å²) in [5.41, 5.74) is 0.858. The van der Waals surface area contributed by atoms with E-state index in [0.717, 1.165) is 5.69 Å². The standard InChI is InChI=1S/C16H19FN4OS/c1-12-6-7-15(21-20-12)18-9-10-19-16(22)8-11-23-14-5-3-2-4-13(14)17/h2-7H,8-11H2,1H3,(H,18,21)(H,19,22). The Morgan fingerprint density at radius 2 is 2.00 bits per heavy atom. The van der Waals surface area contributed by atoms with Crippen molar-refractivity contribution in [2.75, 3.05) is 24.2 Å². The van der Waals surface area contributed by atoms with Crippen molar-refractivity contribution in [1.82, 2.24) is 15.5 Å². The van der Waals surface area contributed by atoms with E-state index < -0.39 is 0 Å². The van der Waals surface area contributed by atoms with Gasteiger partial charge in [0, 0.05) is 30.2 Å². The Kier molecular flexibility index (Phi) is 6.80. The summed E-state index contributed by atoms with van der Waals surface area (Å²) in [6.45, 7) is 2.94. The fourth-order valence-electron chi connectivity index (χ4n) is 1.79. The van der Waals surface area contributed by atoms with E-state index in [2.05, 4.69) is 20.8 Å². The molecule has 7 heteroatoms. The molecule has 0 atom stereocenters. The molecule has 0 unspecified atom stereocenters. The number of thioether (sulfide) groups is 1. The highest BCUT2D eigenvalue weighted by molar-refractivity contribution is 7.99. The van der Waals surface area contributed by atoms with E-state index in [1.807, 2.05) is 19.1 Å². The van der Waals surface area contributed by atoms with Gasteiger partial charge in [0.1, 0.15) is 11.6 Å². The van der Waals surface area contributed by atoms with Gasteiger partial charge in [-0.2, -0.15) is 5.10 Å². The van der Waals surface area contributed by atoms with E-state index in [9.17, 15) is 9.18 Å². The molecule has 2 N–H and O–H groups in total. The number of carbonyl (C=O) groups is 1. The zero-order valence-corrected chi connectivity index (χ0v) is 13.7. The lowest BCUT2D eigenvalue weighted by Gasteiger charge is -2.07. The number of aromatic nitrogens is 2. The van der Waals surface area contributed by atoms with E-state index >= 15 is 0 Å². The minimum absolute atomic E-state index is 0.0503. The van der Waals surface area contributed by atoms with Crippen molar-refractivity contribution in [2.24, 2.45) is 0 Å². The van der Waals surface area contributed by atoms with Crippen LogP contribution in [-0.2, 0) is 4.79 Å². The Morgan fingerprint density at radius 1 is 1.17 bits per heavy atom. The first-order valence-corrected chi connectivity index (χ1v) is 8.32. The lowest BCUT2D eigenvalue weighted by Crippen LogP contribution is -2.29. The maximum atomic E-state index is 13.4. The van der Waals surface area contributed by atoms with Crippen molar-refractivity contribution in [3.8, 4) is 0 Å². The third-order valence-electron chi connectivity index (χ3n) is 2.97. The molecule has 0 aliphatic heterocycles. The first-order valence-electron chi connectivity index (χ1n) is 7.33. The van der Waals surface area contributed by atoms with Crippen LogP contribution in [0.3, 0.4) is 0 Å². The topological polar surface area (TPSA) is 66.9 Å². The molecule has 1 heterocycles. The Balaban J connectivity index is 1.58. The maximum absolute atomic E-state index is 13.4. The summed E-state index contributed by atoms with van der Waals surface area (Å²) >= 11 is 1.34. The normalized spacial score (nSPS) is 10.3. The number of benzene rings is 1. The Labute approximate surface area is 139 Å². The van der Waals surface area contributed by atoms with Gasteiger partial charge in [0.2, 0.25) is 5.91 Å². The monoisotopic (exact) mass is 334 g/mol. The van der Waals surface area contributed by atoms with Gasteiger partial charge in [-0.05, 0) is 31.2 Å². The predicted octanol–water partition coefficient (Wildman–Crippen LogP) is 2.63. The molecule has 0 spiro atoms. The molecular weight excluding hydrogens is 315 g/mol. The Hall–Kier alpha value is -2.15. The number of halogens is 1. The quantitative estimate of drug-likeness (QED) is 0.574. The average molecular weight is 334 g/mol. The number of aryl methyl sites for hydroxylation is 1. The SMILES string of the molecule is Cc1ccc(NCCNC(=O)CCSc2ccccc2F)nn1. The summed E-state index contributed by atoms with van der Waals surface area (Å²) in [5.74, 6) is 0.927. The van der Waals surface area contributed by atoms with E-state index in [4.69, 9.17) is 0 Å². The van der Waals surface area contributed by atoms with Gasteiger partial charge >= 0.3 is 0 Å². The molecule has 0 aliphatic carbocycles. The zero-order chi connectivity index (χ0) is 16.5. The number of rotatable bonds is 8. The molecule has 0 bridgehead atoms. The molecule has 1 aromatic heterocycles. The van der Waals surface area contributed by atoms with Crippen LogP contribution in [0.4, 0.5) is 10.2 Å². The Bertz CT molecular complexity index is 636. The van der Waals surface area contributed by atoms with Crippen LogP contribution in [0.15, 0.2) is 41.3 Å². The molecule has 23 heavy (non-hydrogen) atoms. The van der Waals surface area contributed by atoms with E-state index in [1.54, 1.807) is 18.2 Å². The van der Waals surface area contributed by atoms with E-state index in [1.165, 1.54) is 17.8 Å². The molecule has 0 saturated heterocycles. The minimum Gasteiger partial charge on any atom is -0.367 e. The van der Waals surface area contributed by atoms with Crippen LogP contribution in [-0.4, -0.2) is 34.9 Å². The first-order chi connectivity index (χ1) is 11.1. The third-order valence-corrected chi connectivity index (χ3v) is 4.02. The van der Waals surface area contributed by atoms with E-state index in [0.29, 0.717) is 36.0 Å². The molecular formula is C16H19FN4OS. The molecule has 1 aromatic carbocycles. The van der Waals surface area contributed by atoms with Gasteiger partial charge in [0.05, 0.1) is 5.69 Å². The first kappa shape index (κ1) is 17.2. The number of carbonyl (C=O) groups excluding carboxylic acids is 1. The van der Waals surface area contributed by atoms with Crippen LogP contribution < -0.4 is 10.6 Å². The zero-order valence-electron chi connectivity index (χ0n) is 12.9. The second-order valence-electron chi connectivity index (χ2n) is 4.87. The van der Waals surface area contributed by atoms with Gasteiger partial charge in [-0.15, -0.1) is 16.9 Å². The molecule has 2 rings (SSSR count). The van der Waals surface area contributed by atoms with Crippen LogP contribution in [0.2, 0.25) is 0 Å². The minimum atomic E-state index is -0.249. The summed E-state index contributed by atoms with van der Waals surface area (Å²) in [5, 5.41) is 13.8. The molecule has 0 fully saturated rings. The number of nitrogens with zero attached hydrogens (tertiary/aromatic N) is 2. The van der Waals surface area contributed by atoms with Crippen LogP contribution in [0, 0.1) is 12.7 Å². The lowest BCUT2D eigenvalue weighted by molar-refractivity contribution is -0.120. The fourth-order valence-corrected chi connectivity index (χ4v) is 2.68. The van der Waals surface area contributed by atoms with Crippen LogP contribution in [0.5, 0.6) is 0 Å². The number of hydrogen-bond acceptors (Lipinski definition) is 5. The van der Waals surface area contributed by atoms with Crippen molar-refractivity contribution < 1.29 is 9.18 Å². The highest BCUT2D eigenvalue weighted by Gasteiger charge is 2.04. The van der Waals surface area contributed by atoms with Gasteiger partial charge in [-0.1, -0.05) is 12.1 Å². The fraction of sp³-hybridized carbons (Fsp3) is 0.312. The van der Waals surface area contributed by atoms with Gasteiger partial charge in [-0.25, -0.2) is 4.39 Å². The second-order valence-corrected chi connectivity index (χ2v) is 6.00. The summed E-state index contributed by atoms with van der Waals surface area (Å²) in [7, 11) is 0. The average Bonchev–Trinajstić information content (AvgIpc) is 2.55. The molecule has 0 radical (unpaired) electrons. The maximum Gasteiger partial charge on any atom is 0.220 e. The van der Waals surface area contributed by atoms with Crippen molar-refractivity contribution in [2.45, 2.75) is 18.2 Å². The predicted molar refractivity (Wildman–Crippen MR) is 90.0 cm³/mol. The molecule has 0 saturated carbocycles. The third kappa shape index (κ3) is 6.23. The number of nitrogens with one attached hydrogen (secondary N) is 2.